The molecule has 0 unspecified atom stereocenters. The lowest BCUT2D eigenvalue weighted by molar-refractivity contribution is 0.660. The number of furan rings is 1. The molecule has 11 aromatic rings. The summed E-state index contributed by atoms with van der Waals surface area (Å²) in [6.07, 6.45) is 0. The summed E-state index contributed by atoms with van der Waals surface area (Å²) >= 11 is 0. The zero-order chi connectivity index (χ0) is 37.1. The molecule has 262 valence electrons. The Morgan fingerprint density at radius 3 is 1.64 bits per heavy atom. The molecule has 10 aromatic carbocycles. The van der Waals surface area contributed by atoms with Crippen LogP contribution in [0.25, 0.3) is 110 Å². The van der Waals surface area contributed by atoms with Crippen molar-refractivity contribution < 1.29 is 4.42 Å². The van der Waals surface area contributed by atoms with Crippen LogP contribution in [0.5, 0.6) is 0 Å². The molecule has 1 aromatic heterocycles. The molecule has 1 aliphatic carbocycles. The Labute approximate surface area is 325 Å². The van der Waals surface area contributed by atoms with Gasteiger partial charge in [-0.1, -0.05) is 178 Å². The highest BCUT2D eigenvalue weighted by atomic mass is 16.3. The molecule has 0 amide bonds. The number of hydrogen-bond acceptors (Lipinski definition) is 1. The van der Waals surface area contributed by atoms with E-state index >= 15 is 0 Å². The van der Waals surface area contributed by atoms with Crippen molar-refractivity contribution in [3.8, 4) is 44.5 Å². The van der Waals surface area contributed by atoms with Crippen molar-refractivity contribution in [2.24, 2.45) is 0 Å². The van der Waals surface area contributed by atoms with Crippen LogP contribution >= 0.6 is 0 Å². The molecule has 1 nitrogen and oxygen atoms in total. The van der Waals surface area contributed by atoms with Crippen LogP contribution in [0.4, 0.5) is 0 Å². The normalized spacial score (nSPS) is 13.3. The first-order valence-electron chi connectivity index (χ1n) is 19.6. The zero-order valence-electron chi connectivity index (χ0n) is 31.2. The number of para-hydroxylation sites is 1. The fourth-order valence-corrected chi connectivity index (χ4v) is 10.3. The zero-order valence-corrected chi connectivity index (χ0v) is 31.2. The molecule has 12 rings (SSSR count). The Morgan fingerprint density at radius 2 is 0.911 bits per heavy atom. The van der Waals surface area contributed by atoms with E-state index in [1.54, 1.807) is 0 Å². The highest BCUT2D eigenvalue weighted by Gasteiger charge is 2.40. The number of fused-ring (bicyclic) bond motifs is 12. The standard InChI is InChI=1S/C55H36O/c1-55(2)52-38-21-6-4-16-34(38)29-30-44(52)47-32-46(54-51(53(47)55)45-26-11-12-28-48(45)56-54)35-18-13-19-36(31-35)49-40-22-7-9-24-42(40)50(43-25-10-8-23-41(43)49)39-27-14-17-33-15-3-5-20-37(33)39/h3-32H,1-2H3. The van der Waals surface area contributed by atoms with Gasteiger partial charge in [-0.2, -0.15) is 0 Å². The van der Waals surface area contributed by atoms with E-state index in [0.717, 1.165) is 22.3 Å². The van der Waals surface area contributed by atoms with Crippen LogP contribution in [-0.2, 0) is 5.41 Å². The maximum Gasteiger partial charge on any atom is 0.143 e. The SMILES string of the molecule is CC1(C)c2c(ccc3ccccc23)-c2cc(-c3cccc(-c4c5ccccc5c(-c5cccc6ccccc56)c5ccccc45)c3)c3oc4ccccc4c3c21. The molecule has 0 bridgehead atoms. The quantitative estimate of drug-likeness (QED) is 0.166. The van der Waals surface area contributed by atoms with E-state index in [-0.39, 0.29) is 5.41 Å². The van der Waals surface area contributed by atoms with Crippen molar-refractivity contribution in [2.45, 2.75) is 19.3 Å². The van der Waals surface area contributed by atoms with E-state index in [2.05, 4.69) is 196 Å². The van der Waals surface area contributed by atoms with Gasteiger partial charge in [0.2, 0.25) is 0 Å². The number of rotatable bonds is 3. The maximum absolute atomic E-state index is 6.93. The van der Waals surface area contributed by atoms with Crippen molar-refractivity contribution >= 4 is 65.0 Å². The summed E-state index contributed by atoms with van der Waals surface area (Å²) in [4.78, 5) is 0. The van der Waals surface area contributed by atoms with Gasteiger partial charge in [-0.25, -0.2) is 0 Å². The lowest BCUT2D eigenvalue weighted by atomic mass is 9.78. The van der Waals surface area contributed by atoms with Crippen LogP contribution in [0.1, 0.15) is 25.0 Å². The van der Waals surface area contributed by atoms with Gasteiger partial charge in [0.25, 0.3) is 0 Å². The summed E-state index contributed by atoms with van der Waals surface area (Å²) in [6, 6.07) is 66.9. The molecule has 0 spiro atoms. The summed E-state index contributed by atoms with van der Waals surface area (Å²) < 4.78 is 6.93. The molecule has 1 heteroatoms. The summed E-state index contributed by atoms with van der Waals surface area (Å²) in [6.45, 7) is 4.79. The summed E-state index contributed by atoms with van der Waals surface area (Å²) in [5, 5.41) is 12.5. The van der Waals surface area contributed by atoms with E-state index in [1.165, 1.54) is 98.4 Å². The Kier molecular flexibility index (Phi) is 6.46. The number of hydrogen-bond donors (Lipinski definition) is 0. The van der Waals surface area contributed by atoms with Gasteiger partial charge in [-0.15, -0.1) is 0 Å². The fraction of sp³-hybridized carbons (Fsp3) is 0.0545. The molecule has 0 atom stereocenters. The molecule has 0 aliphatic heterocycles. The highest BCUT2D eigenvalue weighted by Crippen LogP contribution is 2.57. The van der Waals surface area contributed by atoms with E-state index < -0.39 is 0 Å². The Morgan fingerprint density at radius 1 is 0.357 bits per heavy atom. The van der Waals surface area contributed by atoms with Gasteiger partial charge in [-0.05, 0) is 111 Å². The highest BCUT2D eigenvalue weighted by molar-refractivity contribution is 6.24. The van der Waals surface area contributed by atoms with Crippen LogP contribution in [0, 0.1) is 0 Å². The minimum atomic E-state index is -0.222. The molecule has 1 aliphatic rings. The largest absolute Gasteiger partial charge is 0.455 e. The van der Waals surface area contributed by atoms with Crippen LogP contribution in [0.15, 0.2) is 186 Å². The monoisotopic (exact) mass is 712 g/mol. The van der Waals surface area contributed by atoms with Gasteiger partial charge in [0, 0.05) is 21.8 Å². The molecule has 0 saturated carbocycles. The van der Waals surface area contributed by atoms with Crippen molar-refractivity contribution in [3.63, 3.8) is 0 Å². The van der Waals surface area contributed by atoms with E-state index in [4.69, 9.17) is 4.42 Å². The third-order valence-corrected chi connectivity index (χ3v) is 12.6. The minimum Gasteiger partial charge on any atom is -0.455 e. The molecule has 0 fully saturated rings. The maximum atomic E-state index is 6.93. The summed E-state index contributed by atoms with van der Waals surface area (Å²) in [7, 11) is 0. The first kappa shape index (κ1) is 31.4. The molecule has 56 heavy (non-hydrogen) atoms. The average Bonchev–Trinajstić information content (AvgIpc) is 3.74. The van der Waals surface area contributed by atoms with E-state index in [9.17, 15) is 0 Å². The van der Waals surface area contributed by atoms with Crippen molar-refractivity contribution in [2.75, 3.05) is 0 Å². The second-order valence-corrected chi connectivity index (χ2v) is 15.9. The van der Waals surface area contributed by atoms with Gasteiger partial charge < -0.3 is 4.42 Å². The third kappa shape index (κ3) is 4.26. The lowest BCUT2D eigenvalue weighted by Crippen LogP contribution is -2.16. The van der Waals surface area contributed by atoms with Crippen LogP contribution in [0.3, 0.4) is 0 Å². The van der Waals surface area contributed by atoms with Gasteiger partial charge in [-0.3, -0.25) is 0 Å². The first-order chi connectivity index (χ1) is 27.6. The summed E-state index contributed by atoms with van der Waals surface area (Å²) in [5.74, 6) is 0. The molecule has 0 N–H and O–H groups in total. The smallest absolute Gasteiger partial charge is 0.143 e. The van der Waals surface area contributed by atoms with Gasteiger partial charge >= 0.3 is 0 Å². The van der Waals surface area contributed by atoms with Gasteiger partial charge in [0.15, 0.2) is 0 Å². The Bertz CT molecular complexity index is 3390. The van der Waals surface area contributed by atoms with E-state index in [1.807, 2.05) is 0 Å². The fourth-order valence-electron chi connectivity index (χ4n) is 10.3. The van der Waals surface area contributed by atoms with E-state index in [0.29, 0.717) is 0 Å². The molecular formula is C55H36O. The third-order valence-electron chi connectivity index (χ3n) is 12.6. The first-order valence-corrected chi connectivity index (χ1v) is 19.6. The van der Waals surface area contributed by atoms with Crippen molar-refractivity contribution in [1.82, 2.24) is 0 Å². The lowest BCUT2D eigenvalue weighted by Gasteiger charge is -2.24. The number of benzene rings is 10. The summed E-state index contributed by atoms with van der Waals surface area (Å²) in [5.41, 5.74) is 14.3. The molecule has 0 saturated heterocycles. The predicted molar refractivity (Wildman–Crippen MR) is 238 cm³/mol. The molecule has 0 radical (unpaired) electrons. The van der Waals surface area contributed by atoms with Crippen LogP contribution < -0.4 is 0 Å². The van der Waals surface area contributed by atoms with Crippen molar-refractivity contribution in [3.05, 3.63) is 193 Å². The second-order valence-electron chi connectivity index (χ2n) is 15.9. The second kappa shape index (κ2) is 11.5. The van der Waals surface area contributed by atoms with Crippen LogP contribution in [0.2, 0.25) is 0 Å². The van der Waals surface area contributed by atoms with Gasteiger partial charge in [0.1, 0.15) is 11.2 Å². The Hall–Kier alpha value is -6.96. The van der Waals surface area contributed by atoms with Gasteiger partial charge in [0.05, 0.1) is 0 Å². The topological polar surface area (TPSA) is 13.1 Å². The van der Waals surface area contributed by atoms with Crippen LogP contribution in [-0.4, -0.2) is 0 Å². The Balaban J connectivity index is 1.14. The average molecular weight is 713 g/mol. The molecule has 1 heterocycles. The minimum absolute atomic E-state index is 0.222. The molecular weight excluding hydrogens is 677 g/mol. The van der Waals surface area contributed by atoms with Crippen molar-refractivity contribution in [1.29, 1.82) is 0 Å². The predicted octanol–water partition coefficient (Wildman–Crippen LogP) is 15.5.